The van der Waals surface area contributed by atoms with Crippen molar-refractivity contribution in [2.75, 3.05) is 6.54 Å². The number of rotatable bonds is 6. The first-order valence-electron chi connectivity index (χ1n) is 9.68. The van der Waals surface area contributed by atoms with Crippen LogP contribution in [0.1, 0.15) is 67.3 Å². The Morgan fingerprint density at radius 1 is 1.14 bits per heavy atom. The number of unbranched alkanes of at least 4 members (excludes halogenated alkanes) is 1. The van der Waals surface area contributed by atoms with Crippen LogP contribution in [0, 0.1) is 0 Å². The van der Waals surface area contributed by atoms with Crippen LogP contribution in [-0.2, 0) is 11.0 Å². The summed E-state index contributed by atoms with van der Waals surface area (Å²) < 4.78 is 35.8. The molecule has 1 aliphatic rings. The van der Waals surface area contributed by atoms with E-state index >= 15 is 0 Å². The lowest BCUT2D eigenvalue weighted by atomic mass is 9.97. The van der Waals surface area contributed by atoms with E-state index < -0.39 is 23.8 Å². The number of nitrogens with two attached hydrogens (primary N) is 3. The van der Waals surface area contributed by atoms with Crippen molar-refractivity contribution in [1.82, 2.24) is 0 Å². The van der Waals surface area contributed by atoms with Gasteiger partial charge in [-0.2, -0.15) is 13.2 Å². The van der Waals surface area contributed by atoms with Crippen LogP contribution >= 0.6 is 0 Å². The fourth-order valence-electron chi connectivity index (χ4n) is 2.52. The maximum absolute atomic E-state index is 11.9. The van der Waals surface area contributed by atoms with E-state index in [0.717, 1.165) is 37.1 Å². The number of carboxylic acid groups (broad SMARTS) is 1. The fourth-order valence-corrected chi connectivity index (χ4v) is 2.52. The van der Waals surface area contributed by atoms with Gasteiger partial charge in [0, 0.05) is 11.6 Å². The van der Waals surface area contributed by atoms with Gasteiger partial charge in [0.05, 0.1) is 5.56 Å². The lowest BCUT2D eigenvalue weighted by molar-refractivity contribution is -0.139. The van der Waals surface area contributed by atoms with Crippen LogP contribution in [0.25, 0.3) is 0 Å². The summed E-state index contributed by atoms with van der Waals surface area (Å²) in [6.45, 7) is 0.604. The number of hydrogen-bond donors (Lipinski definition) is 4. The summed E-state index contributed by atoms with van der Waals surface area (Å²) >= 11 is 0. The Labute approximate surface area is 169 Å². The highest BCUT2D eigenvalue weighted by molar-refractivity contribution is 5.74. The summed E-state index contributed by atoms with van der Waals surface area (Å²) in [4.78, 5) is 20.2. The number of alkyl halides is 3. The summed E-state index contributed by atoms with van der Waals surface area (Å²) in [5.74, 6) is -0.933. The molecule has 1 aromatic rings. The Hall–Kier alpha value is -1.97. The molecule has 0 amide bonds. The third-order valence-corrected chi connectivity index (χ3v) is 4.31. The highest BCUT2D eigenvalue weighted by atomic mass is 19.4. The summed E-state index contributed by atoms with van der Waals surface area (Å²) in [5, 5.41) is 8.33. The van der Waals surface area contributed by atoms with Crippen molar-refractivity contribution in [3.8, 4) is 0 Å². The molecular weight excluding hydrogens is 387 g/mol. The van der Waals surface area contributed by atoms with Gasteiger partial charge in [0.2, 0.25) is 0 Å². The molecule has 6 nitrogen and oxygen atoms in total. The van der Waals surface area contributed by atoms with E-state index in [1.165, 1.54) is 32.1 Å². The monoisotopic (exact) mass is 419 g/mol. The molecule has 2 rings (SSSR count). The number of carbonyl (C=O) groups excluding carboxylic acids is 1. The van der Waals surface area contributed by atoms with Crippen LogP contribution in [0.3, 0.4) is 0 Å². The molecule has 1 fully saturated rings. The van der Waals surface area contributed by atoms with Gasteiger partial charge in [-0.05, 0) is 44.4 Å². The van der Waals surface area contributed by atoms with Gasteiger partial charge in [0.15, 0.2) is 0 Å². The Bertz CT molecular complexity index is 575. The molecule has 0 bridgehead atoms. The Balaban J connectivity index is 0.000000419. The molecule has 7 N–H and O–H groups in total. The van der Waals surface area contributed by atoms with Gasteiger partial charge in [0.1, 0.15) is 12.3 Å². The van der Waals surface area contributed by atoms with Crippen molar-refractivity contribution in [2.24, 2.45) is 17.2 Å². The minimum absolute atomic E-state index is 0.239. The van der Waals surface area contributed by atoms with Crippen LogP contribution in [0.4, 0.5) is 13.2 Å². The van der Waals surface area contributed by atoms with Gasteiger partial charge in [-0.1, -0.05) is 37.8 Å². The standard InChI is InChI=1S/C8H5F3O.C6H14N2O2.C6H13N/c9-8(10,11)7-3-1-6(5-12)2-4-7;7-4-2-1-3-5(8)6(9)10;7-6-4-2-1-3-5-6/h1-5H;5H,1-4,7-8H2,(H,9,10);6H,1-5,7H2/t;5-;/m.0./s1. The summed E-state index contributed by atoms with van der Waals surface area (Å²) in [7, 11) is 0. The van der Waals surface area contributed by atoms with Gasteiger partial charge in [0.25, 0.3) is 0 Å². The van der Waals surface area contributed by atoms with E-state index in [1.807, 2.05) is 0 Å². The maximum Gasteiger partial charge on any atom is 0.416 e. The van der Waals surface area contributed by atoms with E-state index in [9.17, 15) is 22.8 Å². The van der Waals surface area contributed by atoms with Crippen LogP contribution in [0.2, 0.25) is 0 Å². The van der Waals surface area contributed by atoms with Crippen molar-refractivity contribution >= 4 is 12.3 Å². The number of aldehydes is 1. The Morgan fingerprint density at radius 2 is 1.69 bits per heavy atom. The Kier molecular flexibility index (Phi) is 13.9. The second kappa shape index (κ2) is 14.9. The van der Waals surface area contributed by atoms with Crippen molar-refractivity contribution in [1.29, 1.82) is 0 Å². The zero-order chi connectivity index (χ0) is 22.3. The second-order valence-corrected chi connectivity index (χ2v) is 6.86. The van der Waals surface area contributed by atoms with Gasteiger partial charge in [-0.3, -0.25) is 9.59 Å². The lowest BCUT2D eigenvalue weighted by Gasteiger charge is -2.15. The first-order chi connectivity index (χ1) is 13.6. The number of carboxylic acids is 1. The number of aliphatic carboxylic acids is 1. The molecule has 1 aliphatic carbocycles. The molecule has 0 aromatic heterocycles. The predicted molar refractivity (Wildman–Crippen MR) is 106 cm³/mol. The number of halogens is 3. The third-order valence-electron chi connectivity index (χ3n) is 4.31. The van der Waals surface area contributed by atoms with Gasteiger partial charge < -0.3 is 22.3 Å². The third kappa shape index (κ3) is 13.8. The van der Waals surface area contributed by atoms with Gasteiger partial charge in [-0.15, -0.1) is 0 Å². The number of hydrogen-bond acceptors (Lipinski definition) is 5. The fraction of sp³-hybridized carbons (Fsp3) is 0.600. The van der Waals surface area contributed by atoms with Crippen molar-refractivity contribution in [3.63, 3.8) is 0 Å². The van der Waals surface area contributed by atoms with Crippen molar-refractivity contribution < 1.29 is 27.9 Å². The van der Waals surface area contributed by atoms with E-state index in [0.29, 0.717) is 25.3 Å². The topological polar surface area (TPSA) is 132 Å². The molecule has 166 valence electrons. The number of carbonyl (C=O) groups is 2. The predicted octanol–water partition coefficient (Wildman–Crippen LogP) is 3.32. The van der Waals surface area contributed by atoms with E-state index in [2.05, 4.69) is 0 Å². The smallest absolute Gasteiger partial charge is 0.416 e. The van der Waals surface area contributed by atoms with Crippen molar-refractivity contribution in [3.05, 3.63) is 35.4 Å². The molecule has 0 heterocycles. The van der Waals surface area contributed by atoms with E-state index in [4.69, 9.17) is 22.3 Å². The molecule has 0 aliphatic heterocycles. The summed E-state index contributed by atoms with van der Waals surface area (Å²) in [6, 6.07) is 3.85. The maximum atomic E-state index is 11.9. The van der Waals surface area contributed by atoms with Crippen LogP contribution < -0.4 is 17.2 Å². The minimum atomic E-state index is -4.33. The quantitative estimate of drug-likeness (QED) is 0.413. The first-order valence-corrected chi connectivity index (χ1v) is 9.68. The summed E-state index contributed by atoms with van der Waals surface area (Å²) in [5.41, 5.74) is 15.6. The molecular formula is C20H32F3N3O3. The van der Waals surface area contributed by atoms with Crippen LogP contribution in [0.15, 0.2) is 24.3 Å². The zero-order valence-electron chi connectivity index (χ0n) is 16.5. The van der Waals surface area contributed by atoms with Crippen molar-refractivity contribution in [2.45, 2.75) is 69.6 Å². The molecule has 29 heavy (non-hydrogen) atoms. The molecule has 9 heteroatoms. The molecule has 1 atom stereocenters. The van der Waals surface area contributed by atoms with Gasteiger partial charge >= 0.3 is 12.1 Å². The molecule has 1 aromatic carbocycles. The average Bonchev–Trinajstić information content (AvgIpc) is 2.69. The highest BCUT2D eigenvalue weighted by Gasteiger charge is 2.29. The Morgan fingerprint density at radius 3 is 2.03 bits per heavy atom. The molecule has 1 saturated carbocycles. The first kappa shape index (κ1) is 27.0. The molecule has 0 unspecified atom stereocenters. The molecule has 0 radical (unpaired) electrons. The second-order valence-electron chi connectivity index (χ2n) is 6.86. The van der Waals surface area contributed by atoms with Gasteiger partial charge in [-0.25, -0.2) is 0 Å². The zero-order valence-corrected chi connectivity index (χ0v) is 16.5. The minimum Gasteiger partial charge on any atom is -0.480 e. The normalized spacial score (nSPS) is 15.2. The van der Waals surface area contributed by atoms with Crippen LogP contribution in [-0.4, -0.2) is 36.0 Å². The SMILES string of the molecule is NC1CCCCC1.NCCCC[C@H](N)C(=O)O.O=Cc1ccc(C(F)(F)F)cc1. The largest absolute Gasteiger partial charge is 0.480 e. The highest BCUT2D eigenvalue weighted by Crippen LogP contribution is 2.28. The van der Waals surface area contributed by atoms with E-state index in [1.54, 1.807) is 0 Å². The molecule has 0 saturated heterocycles. The summed E-state index contributed by atoms with van der Waals surface area (Å²) in [6.07, 6.45) is 5.00. The number of benzene rings is 1. The average molecular weight is 419 g/mol. The molecule has 0 spiro atoms. The lowest BCUT2D eigenvalue weighted by Crippen LogP contribution is -2.29. The van der Waals surface area contributed by atoms with E-state index in [-0.39, 0.29) is 5.56 Å². The van der Waals surface area contributed by atoms with Crippen LogP contribution in [0.5, 0.6) is 0 Å².